The third kappa shape index (κ3) is 3.31. The van der Waals surface area contributed by atoms with E-state index in [0.29, 0.717) is 0 Å². The average Bonchev–Trinajstić information content (AvgIpc) is 2.37. The summed E-state index contributed by atoms with van der Waals surface area (Å²) < 4.78 is 31.3. The molecule has 0 saturated carbocycles. The van der Waals surface area contributed by atoms with Crippen molar-refractivity contribution in [2.24, 2.45) is 0 Å². The van der Waals surface area contributed by atoms with Crippen LogP contribution in [0.3, 0.4) is 0 Å². The minimum Gasteiger partial charge on any atom is -0.384 e. The van der Waals surface area contributed by atoms with Crippen LogP contribution >= 0.6 is 0 Å². The fraction of sp³-hybridized carbons (Fsp3) is 0.538. The van der Waals surface area contributed by atoms with E-state index in [4.69, 9.17) is 4.74 Å². The Hall–Kier alpha value is -0.910. The van der Waals surface area contributed by atoms with Crippen molar-refractivity contribution < 1.29 is 13.2 Å². The fourth-order valence-corrected chi connectivity index (χ4v) is 3.53. The van der Waals surface area contributed by atoms with Crippen LogP contribution in [0.25, 0.3) is 0 Å². The van der Waals surface area contributed by atoms with Gasteiger partial charge in [0, 0.05) is 13.2 Å². The van der Waals surface area contributed by atoms with E-state index < -0.39 is 10.0 Å². The molecule has 1 aliphatic carbocycles. The van der Waals surface area contributed by atoms with Gasteiger partial charge in [-0.2, -0.15) is 0 Å². The van der Waals surface area contributed by atoms with Gasteiger partial charge in [-0.3, -0.25) is 0 Å². The van der Waals surface area contributed by atoms with Crippen molar-refractivity contribution in [1.29, 1.82) is 0 Å². The van der Waals surface area contributed by atoms with Gasteiger partial charge in [0.1, 0.15) is 0 Å². The second kappa shape index (κ2) is 5.82. The van der Waals surface area contributed by atoms with Crippen molar-refractivity contribution >= 4 is 10.0 Å². The van der Waals surface area contributed by atoms with Crippen LogP contribution in [-0.2, 0) is 21.2 Å². The molecule has 100 valence electrons. The van der Waals surface area contributed by atoms with Crippen LogP contribution in [0.4, 0.5) is 0 Å². The molecule has 2 rings (SSSR count). The molecule has 0 radical (unpaired) electrons. The first-order valence-electron chi connectivity index (χ1n) is 6.19. The van der Waals surface area contributed by atoms with Gasteiger partial charge in [0.2, 0.25) is 10.0 Å². The maximum Gasteiger partial charge on any atom is 0.214 e. The summed E-state index contributed by atoms with van der Waals surface area (Å²) in [6, 6.07) is 7.96. The lowest BCUT2D eigenvalue weighted by Crippen LogP contribution is -2.33. The molecule has 18 heavy (non-hydrogen) atoms. The van der Waals surface area contributed by atoms with E-state index in [0.717, 1.165) is 24.8 Å². The van der Waals surface area contributed by atoms with Crippen molar-refractivity contribution in [3.63, 3.8) is 0 Å². The monoisotopic (exact) mass is 269 g/mol. The molecule has 0 aliphatic heterocycles. The van der Waals surface area contributed by atoms with Crippen LogP contribution in [0.15, 0.2) is 24.3 Å². The molecule has 0 saturated heterocycles. The smallest absolute Gasteiger partial charge is 0.214 e. The zero-order valence-electron chi connectivity index (χ0n) is 10.6. The largest absolute Gasteiger partial charge is 0.384 e. The van der Waals surface area contributed by atoms with Crippen LogP contribution in [0.2, 0.25) is 0 Å². The first-order chi connectivity index (χ1) is 8.62. The Kier molecular flexibility index (Phi) is 4.37. The van der Waals surface area contributed by atoms with Crippen LogP contribution in [0.1, 0.15) is 30.0 Å². The second-order valence-corrected chi connectivity index (χ2v) is 6.45. The highest BCUT2D eigenvalue weighted by atomic mass is 32.2. The lowest BCUT2D eigenvalue weighted by Gasteiger charge is -2.26. The first kappa shape index (κ1) is 13.5. The lowest BCUT2D eigenvalue weighted by molar-refractivity contribution is 0.216. The van der Waals surface area contributed by atoms with Gasteiger partial charge < -0.3 is 4.74 Å². The molecule has 0 spiro atoms. The second-order valence-electron chi connectivity index (χ2n) is 4.57. The Bertz CT molecular complexity index is 499. The highest BCUT2D eigenvalue weighted by molar-refractivity contribution is 7.89. The molecule has 1 aromatic rings. The number of aryl methyl sites for hydroxylation is 1. The molecule has 1 aromatic carbocycles. The third-order valence-electron chi connectivity index (χ3n) is 3.25. The third-order valence-corrected chi connectivity index (χ3v) is 4.60. The predicted molar refractivity (Wildman–Crippen MR) is 70.9 cm³/mol. The number of methoxy groups -OCH3 is 1. The standard InChI is InChI=1S/C13H19NO3S/c1-17-9-10-18(15,16)14-13-8-4-6-11-5-2-3-7-12(11)13/h2-3,5,7,13-14H,4,6,8-10H2,1H3. The molecule has 4 nitrogen and oxygen atoms in total. The number of sulfonamides is 1. The molecule has 1 aliphatic rings. The van der Waals surface area contributed by atoms with E-state index >= 15 is 0 Å². The molecule has 0 heterocycles. The van der Waals surface area contributed by atoms with Crippen molar-refractivity contribution in [1.82, 2.24) is 4.72 Å². The minimum atomic E-state index is -3.26. The van der Waals surface area contributed by atoms with Crippen molar-refractivity contribution in [2.75, 3.05) is 19.5 Å². The molecular formula is C13H19NO3S. The highest BCUT2D eigenvalue weighted by Gasteiger charge is 2.23. The average molecular weight is 269 g/mol. The van der Waals surface area contributed by atoms with Gasteiger partial charge >= 0.3 is 0 Å². The van der Waals surface area contributed by atoms with Gasteiger partial charge in [-0.1, -0.05) is 24.3 Å². The number of ether oxygens (including phenoxy) is 1. The number of hydrogen-bond acceptors (Lipinski definition) is 3. The van der Waals surface area contributed by atoms with Gasteiger partial charge in [-0.25, -0.2) is 13.1 Å². The fourth-order valence-electron chi connectivity index (χ4n) is 2.35. The number of hydrogen-bond donors (Lipinski definition) is 1. The summed E-state index contributed by atoms with van der Waals surface area (Å²) in [5.41, 5.74) is 2.37. The van der Waals surface area contributed by atoms with Crippen molar-refractivity contribution in [3.05, 3.63) is 35.4 Å². The Labute approximate surface area is 108 Å². The number of rotatable bonds is 5. The van der Waals surface area contributed by atoms with Gasteiger partial charge in [-0.05, 0) is 30.4 Å². The predicted octanol–water partition coefficient (Wildman–Crippen LogP) is 1.63. The molecule has 1 N–H and O–H groups in total. The van der Waals surface area contributed by atoms with Gasteiger partial charge in [0.25, 0.3) is 0 Å². The van der Waals surface area contributed by atoms with E-state index in [1.165, 1.54) is 12.7 Å². The zero-order valence-corrected chi connectivity index (χ0v) is 11.4. The van der Waals surface area contributed by atoms with Crippen LogP contribution in [-0.4, -0.2) is 27.9 Å². The normalized spacial score (nSPS) is 19.5. The number of benzene rings is 1. The van der Waals surface area contributed by atoms with Gasteiger partial charge in [0.05, 0.1) is 12.4 Å². The van der Waals surface area contributed by atoms with Crippen LogP contribution in [0.5, 0.6) is 0 Å². The van der Waals surface area contributed by atoms with E-state index in [1.807, 2.05) is 18.2 Å². The molecule has 0 aromatic heterocycles. The molecule has 0 amide bonds. The summed E-state index contributed by atoms with van der Waals surface area (Å²) in [5, 5.41) is 0. The summed E-state index contributed by atoms with van der Waals surface area (Å²) in [4.78, 5) is 0. The Morgan fingerprint density at radius 1 is 1.39 bits per heavy atom. The van der Waals surface area contributed by atoms with Crippen LogP contribution in [0, 0.1) is 0 Å². The van der Waals surface area contributed by atoms with E-state index in [-0.39, 0.29) is 18.4 Å². The van der Waals surface area contributed by atoms with E-state index in [1.54, 1.807) is 0 Å². The summed E-state index contributed by atoms with van der Waals surface area (Å²) in [6.45, 7) is 0.226. The summed E-state index contributed by atoms with van der Waals surface area (Å²) >= 11 is 0. The highest BCUT2D eigenvalue weighted by Crippen LogP contribution is 2.29. The maximum atomic E-state index is 11.9. The summed E-state index contributed by atoms with van der Waals surface area (Å²) in [6.07, 6.45) is 2.92. The first-order valence-corrected chi connectivity index (χ1v) is 7.84. The number of fused-ring (bicyclic) bond motifs is 1. The Morgan fingerprint density at radius 3 is 2.94 bits per heavy atom. The molecule has 0 bridgehead atoms. The van der Waals surface area contributed by atoms with Crippen LogP contribution < -0.4 is 4.72 Å². The topological polar surface area (TPSA) is 55.4 Å². The molecule has 1 atom stereocenters. The number of nitrogens with one attached hydrogen (secondary N) is 1. The van der Waals surface area contributed by atoms with Gasteiger partial charge in [-0.15, -0.1) is 0 Å². The molecule has 1 unspecified atom stereocenters. The molecular weight excluding hydrogens is 250 g/mol. The summed E-state index contributed by atoms with van der Waals surface area (Å²) in [5.74, 6) is 0.0160. The zero-order chi connectivity index (χ0) is 13.0. The van der Waals surface area contributed by atoms with Crippen molar-refractivity contribution in [3.8, 4) is 0 Å². The summed E-state index contributed by atoms with van der Waals surface area (Å²) in [7, 11) is -1.76. The van der Waals surface area contributed by atoms with E-state index in [9.17, 15) is 8.42 Å². The van der Waals surface area contributed by atoms with Crippen molar-refractivity contribution in [2.45, 2.75) is 25.3 Å². The SMILES string of the molecule is COCCS(=O)(=O)NC1CCCc2ccccc21. The Balaban J connectivity index is 2.12. The Morgan fingerprint density at radius 2 is 2.17 bits per heavy atom. The molecule has 5 heteroatoms. The maximum absolute atomic E-state index is 11.9. The lowest BCUT2D eigenvalue weighted by atomic mass is 9.88. The molecule has 0 fully saturated rings. The minimum absolute atomic E-state index is 0.0160. The van der Waals surface area contributed by atoms with E-state index in [2.05, 4.69) is 10.8 Å². The quantitative estimate of drug-likeness (QED) is 0.884. The van der Waals surface area contributed by atoms with Gasteiger partial charge in [0.15, 0.2) is 0 Å².